The van der Waals surface area contributed by atoms with Gasteiger partial charge in [-0.15, -0.1) is 23.7 Å². The summed E-state index contributed by atoms with van der Waals surface area (Å²) in [5.74, 6) is 0.261. The lowest BCUT2D eigenvalue weighted by atomic mass is 10.2. The van der Waals surface area contributed by atoms with Crippen LogP contribution < -0.4 is 5.73 Å². The predicted molar refractivity (Wildman–Crippen MR) is 48.6 cm³/mol. The summed E-state index contributed by atoms with van der Waals surface area (Å²) in [5, 5.41) is 1.85. The number of nitrogen functional groups attached to an aromatic ring is 1. The maximum absolute atomic E-state index is 11.0. The molecule has 1 aliphatic carbocycles. The van der Waals surface area contributed by atoms with Crippen molar-refractivity contribution in [1.82, 2.24) is 0 Å². The molecular formula is C7H8ClNOS. The largest absolute Gasteiger partial charge is 0.398 e. The first kappa shape index (κ1) is 8.56. The van der Waals surface area contributed by atoms with Crippen LogP contribution in [0.25, 0.3) is 0 Å². The fraction of sp³-hybridized carbons (Fsp3) is 0.286. The molecule has 0 fully saturated rings. The molecule has 0 amide bonds. The Hall–Kier alpha value is -0.540. The van der Waals surface area contributed by atoms with Crippen LogP contribution >= 0.6 is 23.7 Å². The number of rotatable bonds is 0. The molecule has 2 rings (SSSR count). The van der Waals surface area contributed by atoms with Gasteiger partial charge in [0.15, 0.2) is 5.78 Å². The van der Waals surface area contributed by atoms with Crippen LogP contribution in [-0.2, 0) is 6.42 Å². The standard InChI is InChI=1S/C7H7NOS.ClH/c8-5-3-10-7-4(5)1-2-6(7)9;/h3H,1-2,8H2;1H. The van der Waals surface area contributed by atoms with Gasteiger partial charge >= 0.3 is 0 Å². The van der Waals surface area contributed by atoms with Gasteiger partial charge in [0, 0.05) is 17.5 Å². The number of Topliss-reactive ketones (excluding diaryl/α,β-unsaturated/α-hetero) is 1. The van der Waals surface area contributed by atoms with Crippen molar-refractivity contribution >= 4 is 35.2 Å². The molecule has 0 spiro atoms. The highest BCUT2D eigenvalue weighted by atomic mass is 35.5. The molecule has 11 heavy (non-hydrogen) atoms. The number of nitrogens with two attached hydrogens (primary N) is 1. The number of hydrogen-bond donors (Lipinski definition) is 1. The number of halogens is 1. The van der Waals surface area contributed by atoms with E-state index < -0.39 is 0 Å². The molecule has 0 atom stereocenters. The molecule has 0 unspecified atom stereocenters. The van der Waals surface area contributed by atoms with Gasteiger partial charge in [0.05, 0.1) is 4.88 Å². The van der Waals surface area contributed by atoms with Gasteiger partial charge in [-0.2, -0.15) is 0 Å². The number of carbonyl (C=O) groups excluding carboxylic acids is 1. The second kappa shape index (κ2) is 2.83. The second-order valence-electron chi connectivity index (χ2n) is 2.42. The minimum Gasteiger partial charge on any atom is -0.398 e. The van der Waals surface area contributed by atoms with Crippen LogP contribution in [0.1, 0.15) is 21.7 Å². The molecule has 2 nitrogen and oxygen atoms in total. The molecule has 0 aromatic carbocycles. The van der Waals surface area contributed by atoms with Crippen molar-refractivity contribution in [2.75, 3.05) is 5.73 Å². The summed E-state index contributed by atoms with van der Waals surface area (Å²) < 4.78 is 0. The molecular weight excluding hydrogens is 182 g/mol. The van der Waals surface area contributed by atoms with Crippen LogP contribution in [0.15, 0.2) is 5.38 Å². The molecule has 4 heteroatoms. The molecule has 0 radical (unpaired) electrons. The first-order valence-corrected chi connectivity index (χ1v) is 4.06. The molecule has 1 aromatic heterocycles. The SMILES string of the molecule is Cl.Nc1csc2c1CCC2=O. The van der Waals surface area contributed by atoms with E-state index in [1.807, 2.05) is 5.38 Å². The van der Waals surface area contributed by atoms with Crippen molar-refractivity contribution in [2.45, 2.75) is 12.8 Å². The minimum atomic E-state index is 0. The van der Waals surface area contributed by atoms with Crippen molar-refractivity contribution in [3.8, 4) is 0 Å². The Morgan fingerprint density at radius 2 is 2.18 bits per heavy atom. The number of fused-ring (bicyclic) bond motifs is 1. The summed E-state index contributed by atoms with van der Waals surface area (Å²) in [4.78, 5) is 11.9. The third-order valence-corrected chi connectivity index (χ3v) is 2.86. The summed E-state index contributed by atoms with van der Waals surface area (Å²) in [5.41, 5.74) is 7.49. The van der Waals surface area contributed by atoms with E-state index in [1.165, 1.54) is 11.3 Å². The minimum absolute atomic E-state index is 0. The van der Waals surface area contributed by atoms with E-state index in [9.17, 15) is 4.79 Å². The van der Waals surface area contributed by atoms with Crippen molar-refractivity contribution in [1.29, 1.82) is 0 Å². The zero-order valence-corrected chi connectivity index (χ0v) is 7.43. The van der Waals surface area contributed by atoms with Crippen LogP contribution in [0.3, 0.4) is 0 Å². The number of anilines is 1. The van der Waals surface area contributed by atoms with E-state index in [0.717, 1.165) is 22.5 Å². The smallest absolute Gasteiger partial charge is 0.173 e. The first-order chi connectivity index (χ1) is 4.79. The molecule has 0 saturated carbocycles. The van der Waals surface area contributed by atoms with Gasteiger partial charge in [-0.25, -0.2) is 0 Å². The maximum atomic E-state index is 11.0. The summed E-state index contributed by atoms with van der Waals surface area (Å²) in [6.07, 6.45) is 1.51. The van der Waals surface area contributed by atoms with E-state index in [1.54, 1.807) is 0 Å². The van der Waals surface area contributed by atoms with E-state index in [0.29, 0.717) is 6.42 Å². The first-order valence-electron chi connectivity index (χ1n) is 3.18. The lowest BCUT2D eigenvalue weighted by molar-refractivity contribution is 0.0998. The Morgan fingerprint density at radius 1 is 1.45 bits per heavy atom. The van der Waals surface area contributed by atoms with Gasteiger partial charge in [0.2, 0.25) is 0 Å². The lowest BCUT2D eigenvalue weighted by Crippen LogP contribution is -1.85. The van der Waals surface area contributed by atoms with Crippen molar-refractivity contribution in [3.05, 3.63) is 15.8 Å². The number of hydrogen-bond acceptors (Lipinski definition) is 3. The summed E-state index contributed by atoms with van der Waals surface area (Å²) >= 11 is 1.47. The molecule has 0 aliphatic heterocycles. The molecule has 60 valence electrons. The zero-order chi connectivity index (χ0) is 7.14. The third-order valence-electron chi connectivity index (χ3n) is 1.78. The highest BCUT2D eigenvalue weighted by molar-refractivity contribution is 7.13. The Labute approximate surface area is 74.8 Å². The summed E-state index contributed by atoms with van der Waals surface area (Å²) in [7, 11) is 0. The Bertz CT molecular complexity index is 295. The lowest BCUT2D eigenvalue weighted by Gasteiger charge is -1.87. The molecule has 1 aliphatic rings. The summed E-state index contributed by atoms with van der Waals surface area (Å²) in [6.45, 7) is 0. The zero-order valence-electron chi connectivity index (χ0n) is 5.79. The van der Waals surface area contributed by atoms with Crippen molar-refractivity contribution < 1.29 is 4.79 Å². The topological polar surface area (TPSA) is 43.1 Å². The average molecular weight is 190 g/mol. The highest BCUT2D eigenvalue weighted by Gasteiger charge is 2.22. The van der Waals surface area contributed by atoms with Gasteiger partial charge in [-0.05, 0) is 12.0 Å². The Kier molecular flexibility index (Phi) is 2.20. The normalized spacial score (nSPS) is 14.4. The monoisotopic (exact) mass is 189 g/mol. The van der Waals surface area contributed by atoms with Crippen LogP contribution in [-0.4, -0.2) is 5.78 Å². The van der Waals surface area contributed by atoms with Crippen molar-refractivity contribution in [3.63, 3.8) is 0 Å². The molecule has 1 aromatic rings. The van der Waals surface area contributed by atoms with E-state index in [4.69, 9.17) is 5.73 Å². The highest BCUT2D eigenvalue weighted by Crippen LogP contribution is 2.32. The molecule has 1 heterocycles. The third kappa shape index (κ3) is 1.14. The number of ketones is 1. The van der Waals surface area contributed by atoms with E-state index >= 15 is 0 Å². The predicted octanol–water partition coefficient (Wildman–Crippen LogP) is 1.88. The van der Waals surface area contributed by atoms with Crippen molar-refractivity contribution in [2.24, 2.45) is 0 Å². The van der Waals surface area contributed by atoms with Crippen LogP contribution in [0.2, 0.25) is 0 Å². The molecule has 2 N–H and O–H groups in total. The van der Waals surface area contributed by atoms with Gasteiger partial charge in [-0.3, -0.25) is 4.79 Å². The van der Waals surface area contributed by atoms with E-state index in [2.05, 4.69) is 0 Å². The van der Waals surface area contributed by atoms with Crippen LogP contribution in [0.5, 0.6) is 0 Å². The quantitative estimate of drug-likeness (QED) is 0.677. The molecule has 0 bridgehead atoms. The Balaban J connectivity index is 0.000000605. The van der Waals surface area contributed by atoms with E-state index in [-0.39, 0.29) is 18.2 Å². The number of carbonyl (C=O) groups is 1. The second-order valence-corrected chi connectivity index (χ2v) is 3.30. The average Bonchev–Trinajstić information content (AvgIpc) is 2.41. The fourth-order valence-corrected chi connectivity index (χ4v) is 2.22. The van der Waals surface area contributed by atoms with Crippen LogP contribution in [0, 0.1) is 0 Å². The van der Waals surface area contributed by atoms with Gasteiger partial charge < -0.3 is 5.73 Å². The molecule has 0 saturated heterocycles. The summed E-state index contributed by atoms with van der Waals surface area (Å²) in [6, 6.07) is 0. The Morgan fingerprint density at radius 3 is 2.82 bits per heavy atom. The van der Waals surface area contributed by atoms with Gasteiger partial charge in [-0.1, -0.05) is 0 Å². The van der Waals surface area contributed by atoms with Gasteiger partial charge in [0.25, 0.3) is 0 Å². The van der Waals surface area contributed by atoms with Gasteiger partial charge in [0.1, 0.15) is 0 Å². The number of thiophene rings is 1. The van der Waals surface area contributed by atoms with Crippen LogP contribution in [0.4, 0.5) is 5.69 Å². The fourth-order valence-electron chi connectivity index (χ4n) is 1.24. The maximum Gasteiger partial charge on any atom is 0.173 e.